The third-order valence-corrected chi connectivity index (χ3v) is 1.02. The average molecular weight is 149 g/mol. The summed E-state index contributed by atoms with van der Waals surface area (Å²) in [7, 11) is 0. The molecule has 1 heterocycles. The van der Waals surface area contributed by atoms with Crippen LogP contribution in [0.4, 0.5) is 4.39 Å². The van der Waals surface area contributed by atoms with Crippen LogP contribution in [0.25, 0.3) is 0 Å². The van der Waals surface area contributed by atoms with Gasteiger partial charge in [-0.2, -0.15) is 4.39 Å². The number of aromatic nitrogens is 1. The molecule has 54 valence electrons. The van der Waals surface area contributed by atoms with Crippen LogP contribution in [0.15, 0.2) is 18.3 Å². The molecule has 0 unspecified atom stereocenters. The van der Waals surface area contributed by atoms with Gasteiger partial charge in [0.15, 0.2) is 6.29 Å². The third-order valence-electron chi connectivity index (χ3n) is 1.02. The standard InChI is InChI=1S/C8H4FNO/c9-8-7(4-2-6-11)3-1-5-10-8/h1,3,5-6H. The highest BCUT2D eigenvalue weighted by Crippen LogP contribution is 1.99. The molecule has 0 amide bonds. The van der Waals surface area contributed by atoms with Crippen LogP contribution in [0.3, 0.4) is 0 Å². The molecule has 0 N–H and O–H groups in total. The minimum atomic E-state index is -0.651. The van der Waals surface area contributed by atoms with E-state index in [1.807, 2.05) is 0 Å². The number of nitrogens with zero attached hydrogens (tertiary/aromatic N) is 1. The molecule has 0 bridgehead atoms. The molecule has 0 aromatic carbocycles. The van der Waals surface area contributed by atoms with Crippen molar-refractivity contribution >= 4 is 6.29 Å². The molecule has 11 heavy (non-hydrogen) atoms. The molecule has 1 aromatic heterocycles. The van der Waals surface area contributed by atoms with Crippen molar-refractivity contribution in [3.05, 3.63) is 29.8 Å². The molecule has 1 aromatic rings. The largest absolute Gasteiger partial charge is 0.289 e. The van der Waals surface area contributed by atoms with Crippen molar-refractivity contribution < 1.29 is 9.18 Å². The van der Waals surface area contributed by atoms with E-state index in [1.54, 1.807) is 6.07 Å². The Balaban J connectivity index is 3.03. The zero-order valence-corrected chi connectivity index (χ0v) is 5.54. The molecule has 0 fully saturated rings. The third kappa shape index (κ3) is 1.87. The molecule has 0 radical (unpaired) electrons. The van der Waals surface area contributed by atoms with Crippen LogP contribution in [0, 0.1) is 17.8 Å². The quantitative estimate of drug-likeness (QED) is 0.310. The molecule has 2 nitrogen and oxygen atoms in total. The Kier molecular flexibility index (Phi) is 2.34. The Morgan fingerprint density at radius 2 is 2.45 bits per heavy atom. The Morgan fingerprint density at radius 3 is 3.09 bits per heavy atom. The lowest BCUT2D eigenvalue weighted by Gasteiger charge is -1.88. The summed E-state index contributed by atoms with van der Waals surface area (Å²) < 4.78 is 12.6. The van der Waals surface area contributed by atoms with E-state index >= 15 is 0 Å². The minimum Gasteiger partial charge on any atom is -0.289 e. The van der Waals surface area contributed by atoms with E-state index < -0.39 is 5.95 Å². The first-order chi connectivity index (χ1) is 5.34. The summed E-state index contributed by atoms with van der Waals surface area (Å²) in [5, 5.41) is 0. The minimum absolute atomic E-state index is 0.139. The summed E-state index contributed by atoms with van der Waals surface area (Å²) in [6, 6.07) is 3.01. The number of hydrogen-bond donors (Lipinski definition) is 0. The Labute approximate surface area is 63.1 Å². The summed E-state index contributed by atoms with van der Waals surface area (Å²) >= 11 is 0. The van der Waals surface area contributed by atoms with Crippen molar-refractivity contribution in [1.29, 1.82) is 0 Å². The van der Waals surface area contributed by atoms with Gasteiger partial charge in [0.25, 0.3) is 0 Å². The fourth-order valence-electron chi connectivity index (χ4n) is 0.586. The normalized spacial score (nSPS) is 8.09. The Hall–Kier alpha value is -1.69. The topological polar surface area (TPSA) is 30.0 Å². The lowest BCUT2D eigenvalue weighted by molar-refractivity contribution is -0.103. The Bertz CT molecular complexity index is 324. The number of rotatable bonds is 0. The van der Waals surface area contributed by atoms with Gasteiger partial charge in [-0.25, -0.2) is 4.98 Å². The van der Waals surface area contributed by atoms with Gasteiger partial charge in [0.05, 0.1) is 5.56 Å². The number of pyridine rings is 1. The van der Waals surface area contributed by atoms with E-state index in [0.717, 1.165) is 0 Å². The van der Waals surface area contributed by atoms with Gasteiger partial charge < -0.3 is 0 Å². The van der Waals surface area contributed by atoms with Crippen LogP contribution in [0.2, 0.25) is 0 Å². The van der Waals surface area contributed by atoms with Gasteiger partial charge in [-0.3, -0.25) is 4.79 Å². The molecule has 1 rings (SSSR count). The number of aldehydes is 1. The van der Waals surface area contributed by atoms with Crippen molar-refractivity contribution in [2.24, 2.45) is 0 Å². The molecule has 0 aliphatic carbocycles. The van der Waals surface area contributed by atoms with Gasteiger partial charge in [-0.1, -0.05) is 5.92 Å². The van der Waals surface area contributed by atoms with Crippen molar-refractivity contribution in [3.8, 4) is 11.8 Å². The summed E-state index contributed by atoms with van der Waals surface area (Å²) in [6.45, 7) is 0. The maximum atomic E-state index is 12.6. The van der Waals surface area contributed by atoms with Crippen molar-refractivity contribution in [2.75, 3.05) is 0 Å². The molecule has 0 aliphatic rings. The molecule has 0 saturated carbocycles. The number of hydrogen-bond acceptors (Lipinski definition) is 2. The van der Waals surface area contributed by atoms with Crippen LogP contribution in [0.5, 0.6) is 0 Å². The highest BCUT2D eigenvalue weighted by Gasteiger charge is 1.95. The summed E-state index contributed by atoms with van der Waals surface area (Å²) in [4.78, 5) is 13.1. The predicted octanol–water partition coefficient (Wildman–Crippen LogP) is 0.771. The van der Waals surface area contributed by atoms with Crippen LogP contribution in [-0.2, 0) is 4.79 Å². The summed E-state index contributed by atoms with van der Waals surface area (Å²) in [6.07, 6.45) is 1.73. The second-order valence-corrected chi connectivity index (χ2v) is 1.73. The molecule has 0 aliphatic heterocycles. The number of carbonyl (C=O) groups is 1. The lowest BCUT2D eigenvalue weighted by Crippen LogP contribution is -1.86. The van der Waals surface area contributed by atoms with Gasteiger partial charge >= 0.3 is 0 Å². The second kappa shape index (κ2) is 3.47. The molecule has 0 atom stereocenters. The molecule has 0 spiro atoms. The molecular weight excluding hydrogens is 145 g/mol. The van der Waals surface area contributed by atoms with Crippen LogP contribution in [0.1, 0.15) is 5.56 Å². The zero-order chi connectivity index (χ0) is 8.10. The van der Waals surface area contributed by atoms with Gasteiger partial charge in [-0.15, -0.1) is 0 Å². The summed E-state index contributed by atoms with van der Waals surface area (Å²) in [5.41, 5.74) is 0.139. The van der Waals surface area contributed by atoms with Crippen LogP contribution in [-0.4, -0.2) is 11.3 Å². The smallest absolute Gasteiger partial charge is 0.228 e. The van der Waals surface area contributed by atoms with Crippen molar-refractivity contribution in [1.82, 2.24) is 4.98 Å². The van der Waals surface area contributed by atoms with Crippen molar-refractivity contribution in [2.45, 2.75) is 0 Å². The van der Waals surface area contributed by atoms with E-state index in [9.17, 15) is 9.18 Å². The first kappa shape index (κ1) is 7.42. The number of carbonyl (C=O) groups excluding carboxylic acids is 1. The van der Waals surface area contributed by atoms with E-state index in [4.69, 9.17) is 0 Å². The van der Waals surface area contributed by atoms with Crippen molar-refractivity contribution in [3.63, 3.8) is 0 Å². The van der Waals surface area contributed by atoms with Crippen LogP contribution >= 0.6 is 0 Å². The highest BCUT2D eigenvalue weighted by atomic mass is 19.1. The van der Waals surface area contributed by atoms with Gasteiger partial charge in [0.1, 0.15) is 0 Å². The van der Waals surface area contributed by atoms with Crippen LogP contribution < -0.4 is 0 Å². The highest BCUT2D eigenvalue weighted by molar-refractivity contribution is 5.73. The monoisotopic (exact) mass is 149 g/mol. The fraction of sp³-hybridized carbons (Fsp3) is 0. The predicted molar refractivity (Wildman–Crippen MR) is 37.1 cm³/mol. The summed E-state index contributed by atoms with van der Waals surface area (Å²) in [5.74, 6) is 3.75. The molecular formula is C8H4FNO. The first-order valence-electron chi connectivity index (χ1n) is 2.90. The SMILES string of the molecule is O=CC#Cc1cccnc1F. The number of halogens is 1. The fourth-order valence-corrected chi connectivity index (χ4v) is 0.586. The van der Waals surface area contributed by atoms with E-state index in [1.165, 1.54) is 12.3 Å². The van der Waals surface area contributed by atoms with E-state index in [2.05, 4.69) is 16.8 Å². The Morgan fingerprint density at radius 1 is 1.64 bits per heavy atom. The van der Waals surface area contributed by atoms with Gasteiger partial charge in [0.2, 0.25) is 5.95 Å². The maximum Gasteiger partial charge on any atom is 0.228 e. The molecule has 3 heteroatoms. The first-order valence-corrected chi connectivity index (χ1v) is 2.90. The zero-order valence-electron chi connectivity index (χ0n) is 5.54. The average Bonchev–Trinajstić information content (AvgIpc) is 2.03. The van der Waals surface area contributed by atoms with E-state index in [-0.39, 0.29) is 5.56 Å². The van der Waals surface area contributed by atoms with Gasteiger partial charge in [-0.05, 0) is 18.1 Å². The molecule has 0 saturated heterocycles. The lowest BCUT2D eigenvalue weighted by atomic mass is 10.3. The van der Waals surface area contributed by atoms with Gasteiger partial charge in [0, 0.05) is 6.20 Å². The maximum absolute atomic E-state index is 12.6. The van der Waals surface area contributed by atoms with E-state index in [0.29, 0.717) is 6.29 Å². The second-order valence-electron chi connectivity index (χ2n) is 1.73.